The van der Waals surface area contributed by atoms with Crippen LogP contribution in [0.1, 0.15) is 54.4 Å². The Morgan fingerprint density at radius 1 is 1.12 bits per heavy atom. The summed E-state index contributed by atoms with van der Waals surface area (Å²) in [5, 5.41) is 8.62. The van der Waals surface area contributed by atoms with E-state index in [1.165, 1.54) is 6.08 Å². The average Bonchev–Trinajstić information content (AvgIpc) is 2.65. The monoisotopic (exact) mass is 358 g/mol. The van der Waals surface area contributed by atoms with Crippen molar-refractivity contribution in [3.8, 4) is 0 Å². The molecule has 1 N–H and O–H groups in total. The van der Waals surface area contributed by atoms with Crippen molar-refractivity contribution < 1.29 is 24.2 Å². The van der Waals surface area contributed by atoms with Gasteiger partial charge in [0.25, 0.3) is 0 Å². The molecule has 0 radical (unpaired) electrons. The summed E-state index contributed by atoms with van der Waals surface area (Å²) in [5.41, 5.74) is 1.19. The van der Waals surface area contributed by atoms with E-state index in [1.54, 1.807) is 24.3 Å². The predicted octanol–water partition coefficient (Wildman–Crippen LogP) is 4.24. The van der Waals surface area contributed by atoms with Gasteiger partial charge in [-0.1, -0.05) is 18.2 Å². The molecular formula is C21H26O5. The van der Waals surface area contributed by atoms with Gasteiger partial charge < -0.3 is 14.6 Å². The molecule has 0 bridgehead atoms. The summed E-state index contributed by atoms with van der Waals surface area (Å²) in [6.45, 7) is 4.45. The molecule has 1 aliphatic rings. The molecule has 1 aromatic rings. The van der Waals surface area contributed by atoms with Crippen LogP contribution >= 0.6 is 0 Å². The number of aliphatic carboxylic acids is 1. The van der Waals surface area contributed by atoms with Crippen molar-refractivity contribution in [3.05, 3.63) is 54.1 Å². The number of carboxylic acids is 1. The Morgan fingerprint density at radius 3 is 2.38 bits per heavy atom. The molecular weight excluding hydrogens is 332 g/mol. The van der Waals surface area contributed by atoms with Crippen molar-refractivity contribution in [1.29, 1.82) is 0 Å². The second-order valence-corrected chi connectivity index (χ2v) is 6.40. The number of carbonyl (C=O) groups excluding carboxylic acids is 1. The zero-order valence-electron chi connectivity index (χ0n) is 14.9. The van der Waals surface area contributed by atoms with Crippen LogP contribution in [0.5, 0.6) is 0 Å². The molecule has 0 saturated heterocycles. The zero-order chi connectivity index (χ0) is 18.8. The Kier molecular flexibility index (Phi) is 8.09. The van der Waals surface area contributed by atoms with Crippen molar-refractivity contribution in [2.75, 3.05) is 6.61 Å². The Bertz CT molecular complexity index is 624. The first-order valence-corrected chi connectivity index (χ1v) is 9.03. The molecule has 0 amide bonds. The number of ether oxygens (including phenoxy) is 2. The fraction of sp³-hybridized carbons (Fsp3) is 0.429. The van der Waals surface area contributed by atoms with Gasteiger partial charge in [-0.15, -0.1) is 6.58 Å². The fourth-order valence-corrected chi connectivity index (χ4v) is 2.91. The van der Waals surface area contributed by atoms with E-state index in [1.807, 2.05) is 6.08 Å². The SMILES string of the molecule is C=CCCCOC1CCC(OC(=O)c2ccc(C=CC(=O)O)cc2)CC1. The van der Waals surface area contributed by atoms with Crippen LogP contribution in [0.3, 0.4) is 0 Å². The van der Waals surface area contributed by atoms with Gasteiger partial charge in [-0.2, -0.15) is 0 Å². The number of hydrogen-bond donors (Lipinski definition) is 1. The van der Waals surface area contributed by atoms with Gasteiger partial charge in [0.15, 0.2) is 0 Å². The first-order valence-electron chi connectivity index (χ1n) is 9.03. The average molecular weight is 358 g/mol. The molecule has 0 unspecified atom stereocenters. The van der Waals surface area contributed by atoms with Gasteiger partial charge in [0, 0.05) is 12.7 Å². The number of hydrogen-bond acceptors (Lipinski definition) is 4. The first-order chi connectivity index (χ1) is 12.6. The smallest absolute Gasteiger partial charge is 0.338 e. The lowest BCUT2D eigenvalue weighted by Gasteiger charge is -2.28. The third-order valence-corrected chi connectivity index (χ3v) is 4.37. The first kappa shape index (κ1) is 19.9. The summed E-state index contributed by atoms with van der Waals surface area (Å²) in [4.78, 5) is 22.7. The summed E-state index contributed by atoms with van der Waals surface area (Å²) < 4.78 is 11.4. The lowest BCUT2D eigenvalue weighted by molar-refractivity contribution is -0.131. The third-order valence-electron chi connectivity index (χ3n) is 4.37. The molecule has 0 aromatic heterocycles. The van der Waals surface area contributed by atoms with Crippen LogP contribution in [0, 0.1) is 0 Å². The molecule has 1 fully saturated rings. The quantitative estimate of drug-likeness (QED) is 0.309. The van der Waals surface area contributed by atoms with Crippen molar-refractivity contribution >= 4 is 18.0 Å². The van der Waals surface area contributed by atoms with E-state index in [0.29, 0.717) is 5.56 Å². The fourth-order valence-electron chi connectivity index (χ4n) is 2.91. The Morgan fingerprint density at radius 2 is 1.77 bits per heavy atom. The maximum Gasteiger partial charge on any atom is 0.338 e. The van der Waals surface area contributed by atoms with Gasteiger partial charge in [0.05, 0.1) is 11.7 Å². The highest BCUT2D eigenvalue weighted by Crippen LogP contribution is 2.24. The standard InChI is InChI=1S/C21H26O5/c1-2-3-4-15-25-18-10-12-19(13-11-18)26-21(24)17-8-5-16(6-9-17)7-14-20(22)23/h2,5-9,14,18-19H,1,3-4,10-13,15H2,(H,22,23). The van der Waals surface area contributed by atoms with Gasteiger partial charge in [-0.05, 0) is 62.3 Å². The summed E-state index contributed by atoms with van der Waals surface area (Å²) in [6, 6.07) is 6.70. The normalized spacial score (nSPS) is 20.0. The molecule has 1 aliphatic carbocycles. The minimum Gasteiger partial charge on any atom is -0.478 e. The molecule has 0 spiro atoms. The molecule has 0 heterocycles. The number of carbonyl (C=O) groups is 2. The number of carboxylic acid groups (broad SMARTS) is 1. The second kappa shape index (κ2) is 10.6. The summed E-state index contributed by atoms with van der Waals surface area (Å²) >= 11 is 0. The second-order valence-electron chi connectivity index (χ2n) is 6.40. The number of allylic oxidation sites excluding steroid dienone is 1. The molecule has 5 heteroatoms. The molecule has 0 atom stereocenters. The Labute approximate surface area is 154 Å². The highest BCUT2D eigenvalue weighted by Gasteiger charge is 2.24. The third kappa shape index (κ3) is 6.84. The number of esters is 1. The van der Waals surface area contributed by atoms with E-state index >= 15 is 0 Å². The van der Waals surface area contributed by atoms with Crippen LogP contribution in [0.15, 0.2) is 43.0 Å². The highest BCUT2D eigenvalue weighted by atomic mass is 16.5. The van der Waals surface area contributed by atoms with Crippen molar-refractivity contribution in [3.63, 3.8) is 0 Å². The molecule has 5 nitrogen and oxygen atoms in total. The molecule has 1 aromatic carbocycles. The minimum atomic E-state index is -1.01. The number of rotatable bonds is 9. The largest absolute Gasteiger partial charge is 0.478 e. The van der Waals surface area contributed by atoms with Crippen molar-refractivity contribution in [2.24, 2.45) is 0 Å². The van der Waals surface area contributed by atoms with Crippen molar-refractivity contribution in [2.45, 2.75) is 50.7 Å². The van der Waals surface area contributed by atoms with E-state index in [0.717, 1.165) is 56.8 Å². The maximum absolute atomic E-state index is 12.2. The summed E-state index contributed by atoms with van der Waals surface area (Å²) in [7, 11) is 0. The molecule has 2 rings (SSSR count). The van der Waals surface area contributed by atoms with Crippen LogP contribution in [0.2, 0.25) is 0 Å². The van der Waals surface area contributed by atoms with Gasteiger partial charge in [0.1, 0.15) is 6.10 Å². The lowest BCUT2D eigenvalue weighted by atomic mass is 9.95. The number of benzene rings is 1. The topological polar surface area (TPSA) is 72.8 Å². The molecule has 140 valence electrons. The van der Waals surface area contributed by atoms with Crippen LogP contribution in [0.25, 0.3) is 6.08 Å². The van der Waals surface area contributed by atoms with Gasteiger partial charge >= 0.3 is 11.9 Å². The van der Waals surface area contributed by atoms with Crippen LogP contribution in [-0.4, -0.2) is 35.9 Å². The van der Waals surface area contributed by atoms with E-state index in [4.69, 9.17) is 14.6 Å². The van der Waals surface area contributed by atoms with E-state index in [2.05, 4.69) is 6.58 Å². The van der Waals surface area contributed by atoms with Crippen LogP contribution in [-0.2, 0) is 14.3 Å². The molecule has 1 saturated carbocycles. The minimum absolute atomic E-state index is 0.0675. The van der Waals surface area contributed by atoms with Crippen LogP contribution in [0.4, 0.5) is 0 Å². The van der Waals surface area contributed by atoms with Crippen LogP contribution < -0.4 is 0 Å². The van der Waals surface area contributed by atoms with E-state index in [9.17, 15) is 9.59 Å². The maximum atomic E-state index is 12.2. The van der Waals surface area contributed by atoms with E-state index in [-0.39, 0.29) is 18.2 Å². The molecule has 26 heavy (non-hydrogen) atoms. The van der Waals surface area contributed by atoms with E-state index < -0.39 is 5.97 Å². The summed E-state index contributed by atoms with van der Waals surface area (Å²) in [5.74, 6) is -1.34. The van der Waals surface area contributed by atoms with Gasteiger partial charge in [0.2, 0.25) is 0 Å². The zero-order valence-corrected chi connectivity index (χ0v) is 14.9. The predicted molar refractivity (Wildman–Crippen MR) is 100.0 cm³/mol. The lowest BCUT2D eigenvalue weighted by Crippen LogP contribution is -2.28. The highest BCUT2D eigenvalue weighted by molar-refractivity contribution is 5.90. The molecule has 0 aliphatic heterocycles. The van der Waals surface area contributed by atoms with Crippen molar-refractivity contribution in [1.82, 2.24) is 0 Å². The summed E-state index contributed by atoms with van der Waals surface area (Å²) in [6.07, 6.45) is 10.0. The van der Waals surface area contributed by atoms with Gasteiger partial charge in [-0.25, -0.2) is 9.59 Å². The number of unbranched alkanes of at least 4 members (excludes halogenated alkanes) is 1. The Balaban J connectivity index is 1.74. The Hall–Kier alpha value is -2.40. The van der Waals surface area contributed by atoms with Gasteiger partial charge in [-0.3, -0.25) is 0 Å².